The van der Waals surface area contributed by atoms with Crippen LogP contribution in [0, 0.1) is 28.9 Å². The second kappa shape index (κ2) is 11.6. The first kappa shape index (κ1) is 28.2. The Morgan fingerprint density at radius 2 is 1.93 bits per heavy atom. The molecule has 2 unspecified atom stereocenters. The fourth-order valence-electron chi connectivity index (χ4n) is 5.53. The molecule has 11 heteroatoms. The molecule has 2 aliphatic rings. The number of aromatic nitrogens is 3. The molecule has 1 saturated heterocycles. The number of hydrogen-bond donors (Lipinski definition) is 1. The van der Waals surface area contributed by atoms with E-state index in [9.17, 15) is 9.65 Å². The number of fused-ring (bicyclic) bond motifs is 4. The van der Waals surface area contributed by atoms with Gasteiger partial charge < -0.3 is 15.4 Å². The van der Waals surface area contributed by atoms with Gasteiger partial charge in [-0.3, -0.25) is 4.98 Å². The maximum atomic E-state index is 16.5. The summed E-state index contributed by atoms with van der Waals surface area (Å²) in [5.41, 5.74) is 8.02. The molecule has 7 nitrogen and oxygen atoms in total. The van der Waals surface area contributed by atoms with E-state index < -0.39 is 11.6 Å². The third kappa shape index (κ3) is 4.77. The molecule has 0 spiro atoms. The summed E-state index contributed by atoms with van der Waals surface area (Å²) in [6.45, 7) is 10.6. The van der Waals surface area contributed by atoms with Crippen LogP contribution in [0.2, 0.25) is 12.1 Å². The first-order valence-corrected chi connectivity index (χ1v) is 14.6. The Kier molecular flexibility index (Phi) is 8.20. The number of nitriles is 1. The number of halogens is 2. The van der Waals surface area contributed by atoms with Gasteiger partial charge in [0, 0.05) is 35.6 Å². The lowest BCUT2D eigenvalue weighted by atomic mass is 9.58. The molecule has 2 N–H and O–H groups in total. The molecule has 0 bridgehead atoms. The second-order valence-electron chi connectivity index (χ2n) is 10.5. The zero-order valence-corrected chi connectivity index (χ0v) is 24.0. The molecule has 207 valence electrons. The lowest BCUT2D eigenvalue weighted by molar-refractivity contribution is 0.135. The third-order valence-corrected chi connectivity index (χ3v) is 8.47. The van der Waals surface area contributed by atoms with Crippen molar-refractivity contribution >= 4 is 50.6 Å². The molecule has 5 heterocycles. The molecule has 1 aromatic carbocycles. The molecule has 1 radical (unpaired) electrons. The average Bonchev–Trinajstić information content (AvgIpc) is 3.66. The van der Waals surface area contributed by atoms with Gasteiger partial charge in [-0.1, -0.05) is 46.9 Å². The average molecular weight is 561 g/mol. The topological polar surface area (TPSA) is 101 Å². The van der Waals surface area contributed by atoms with Crippen LogP contribution in [0.25, 0.3) is 32.2 Å². The highest BCUT2D eigenvalue weighted by molar-refractivity contribution is 7.23. The number of anilines is 2. The number of nitrogen functional groups attached to an aromatic ring is 1. The van der Waals surface area contributed by atoms with Crippen LogP contribution in [0.4, 0.5) is 19.7 Å². The van der Waals surface area contributed by atoms with Gasteiger partial charge in [0.1, 0.15) is 23.9 Å². The summed E-state index contributed by atoms with van der Waals surface area (Å²) in [5, 5.41) is 10.7. The van der Waals surface area contributed by atoms with Crippen LogP contribution in [-0.2, 0) is 18.0 Å². The number of benzene rings is 1. The van der Waals surface area contributed by atoms with Crippen molar-refractivity contribution in [2.75, 3.05) is 23.7 Å². The summed E-state index contributed by atoms with van der Waals surface area (Å²) in [7, 11) is 2.36. The molecule has 4 aromatic rings. The predicted octanol–water partition coefficient (Wildman–Crippen LogP) is 6.86. The number of pyridine rings is 1. The first-order chi connectivity index (χ1) is 19.3. The summed E-state index contributed by atoms with van der Waals surface area (Å²) in [5.74, 6) is 0.166. The molecule has 0 saturated carbocycles. The molecular formula is C29H32BF2N6OS. The van der Waals surface area contributed by atoms with Gasteiger partial charge in [0.2, 0.25) is 5.95 Å². The fraction of sp³-hybridized carbons (Fsp3) is 0.448. The molecule has 2 aliphatic heterocycles. The van der Waals surface area contributed by atoms with Gasteiger partial charge in [0.15, 0.2) is 11.6 Å². The minimum absolute atomic E-state index is 0.0953. The van der Waals surface area contributed by atoms with Crippen molar-refractivity contribution in [2.24, 2.45) is 5.92 Å². The molecule has 6 rings (SSSR count). The van der Waals surface area contributed by atoms with Crippen molar-refractivity contribution in [1.29, 1.82) is 5.26 Å². The molecular weight excluding hydrogens is 529 g/mol. The van der Waals surface area contributed by atoms with Gasteiger partial charge in [-0.05, 0) is 22.9 Å². The van der Waals surface area contributed by atoms with E-state index in [1.54, 1.807) is 6.20 Å². The molecule has 0 aliphatic carbocycles. The minimum atomic E-state index is -0.603. The van der Waals surface area contributed by atoms with Crippen LogP contribution in [0.3, 0.4) is 0 Å². The Bertz CT molecular complexity index is 1620. The Balaban J connectivity index is 0.00000103. The second-order valence-corrected chi connectivity index (χ2v) is 11.5. The lowest BCUT2D eigenvalue weighted by Crippen LogP contribution is -2.22. The Labute approximate surface area is 237 Å². The highest BCUT2D eigenvalue weighted by atomic mass is 32.1. The van der Waals surface area contributed by atoms with Gasteiger partial charge in [-0.25, -0.2) is 18.7 Å². The zero-order chi connectivity index (χ0) is 28.6. The SMILES string of the molecule is CCC.CCC[B]C1CN(c2ncc3c4c(c(-c5ncc(F)c6sc(N)c(C#N)c56)c(F)c3n2)COC4)CC1C. The number of ether oxygens (including phenoxy) is 1. The fourth-order valence-corrected chi connectivity index (χ4v) is 6.45. The van der Waals surface area contributed by atoms with Crippen LogP contribution >= 0.6 is 11.3 Å². The summed E-state index contributed by atoms with van der Waals surface area (Å²) in [6, 6.07) is 2.04. The molecule has 0 amide bonds. The summed E-state index contributed by atoms with van der Waals surface area (Å²) in [4.78, 5) is 15.7. The minimum Gasteiger partial charge on any atom is -0.389 e. The maximum absolute atomic E-state index is 16.5. The van der Waals surface area contributed by atoms with Gasteiger partial charge in [0.25, 0.3) is 0 Å². The van der Waals surface area contributed by atoms with Crippen LogP contribution in [-0.4, -0.2) is 35.3 Å². The highest BCUT2D eigenvalue weighted by Gasteiger charge is 2.33. The monoisotopic (exact) mass is 561 g/mol. The number of nitrogens with zero attached hydrogens (tertiary/aromatic N) is 5. The van der Waals surface area contributed by atoms with Crippen molar-refractivity contribution in [1.82, 2.24) is 15.0 Å². The number of hydrogen-bond acceptors (Lipinski definition) is 8. The highest BCUT2D eigenvalue weighted by Crippen LogP contribution is 2.45. The van der Waals surface area contributed by atoms with E-state index in [1.165, 1.54) is 6.42 Å². The number of thiophene rings is 1. The van der Waals surface area contributed by atoms with Gasteiger partial charge in [0.05, 0.1) is 35.4 Å². The van der Waals surface area contributed by atoms with E-state index in [0.29, 0.717) is 28.6 Å². The van der Waals surface area contributed by atoms with E-state index in [2.05, 4.69) is 49.8 Å². The lowest BCUT2D eigenvalue weighted by Gasteiger charge is -2.18. The molecule has 3 aromatic heterocycles. The smallest absolute Gasteiger partial charge is 0.225 e. The van der Waals surface area contributed by atoms with Crippen molar-refractivity contribution in [3.63, 3.8) is 0 Å². The Hall–Kier alpha value is -3.36. The largest absolute Gasteiger partial charge is 0.389 e. The molecule has 1 fully saturated rings. The van der Waals surface area contributed by atoms with Gasteiger partial charge >= 0.3 is 0 Å². The quantitative estimate of drug-likeness (QED) is 0.266. The van der Waals surface area contributed by atoms with Gasteiger partial charge in [-0.15, -0.1) is 11.3 Å². The molecule has 40 heavy (non-hydrogen) atoms. The number of rotatable bonds is 5. The van der Waals surface area contributed by atoms with Crippen molar-refractivity contribution in [2.45, 2.75) is 65.9 Å². The standard InChI is InChI=1S/C26H24BF2N6OS.C3H8/c1-3-4-27-17-9-35(8-12(17)2)26-33-6-14-15-10-36-11-16(15)19(21(29)22(14)34-26)23-20-13(5-30)25(31)37-24(20)18(28)7-32-23;1-3-2/h6-7,12,17H,3-4,8-11,31H2,1-2H3;3H2,1-2H3. The van der Waals surface area contributed by atoms with Crippen LogP contribution in [0.1, 0.15) is 57.2 Å². The van der Waals surface area contributed by atoms with Crippen LogP contribution in [0.5, 0.6) is 0 Å². The van der Waals surface area contributed by atoms with Crippen molar-refractivity contribution in [3.05, 3.63) is 40.7 Å². The van der Waals surface area contributed by atoms with E-state index in [4.69, 9.17) is 15.5 Å². The van der Waals surface area contributed by atoms with Crippen molar-refractivity contribution in [3.8, 4) is 17.3 Å². The first-order valence-electron chi connectivity index (χ1n) is 13.8. The van der Waals surface area contributed by atoms with Crippen LogP contribution < -0.4 is 10.6 Å². The Morgan fingerprint density at radius 3 is 2.65 bits per heavy atom. The van der Waals surface area contributed by atoms with E-state index in [0.717, 1.165) is 48.9 Å². The zero-order valence-electron chi connectivity index (χ0n) is 23.2. The third-order valence-electron chi connectivity index (χ3n) is 7.44. The number of nitrogens with two attached hydrogens (primary N) is 1. The predicted molar refractivity (Wildman–Crippen MR) is 158 cm³/mol. The summed E-state index contributed by atoms with van der Waals surface area (Å²) in [6.07, 6.45) is 6.13. The maximum Gasteiger partial charge on any atom is 0.225 e. The summed E-state index contributed by atoms with van der Waals surface area (Å²) < 4.78 is 37.0. The van der Waals surface area contributed by atoms with E-state index in [1.807, 2.05) is 6.07 Å². The van der Waals surface area contributed by atoms with E-state index in [-0.39, 0.29) is 50.6 Å². The summed E-state index contributed by atoms with van der Waals surface area (Å²) >= 11 is 0.958. The Morgan fingerprint density at radius 1 is 1.18 bits per heavy atom. The normalized spacial score (nSPS) is 18.1. The van der Waals surface area contributed by atoms with Crippen molar-refractivity contribution < 1.29 is 13.5 Å². The van der Waals surface area contributed by atoms with Gasteiger partial charge in [-0.2, -0.15) is 5.26 Å². The molecule has 2 atom stereocenters. The van der Waals surface area contributed by atoms with E-state index >= 15 is 4.39 Å². The van der Waals surface area contributed by atoms with Crippen LogP contribution in [0.15, 0.2) is 12.4 Å².